The van der Waals surface area contributed by atoms with Crippen LogP contribution in [-0.4, -0.2) is 49.5 Å². The molecule has 0 aliphatic rings. The van der Waals surface area contributed by atoms with E-state index in [-0.39, 0.29) is 18.9 Å². The highest BCUT2D eigenvalue weighted by Crippen LogP contribution is 2.28. The van der Waals surface area contributed by atoms with Gasteiger partial charge in [-0.3, -0.25) is 13.9 Å². The summed E-state index contributed by atoms with van der Waals surface area (Å²) in [5.74, 6) is -0.825. The fourth-order valence-corrected chi connectivity index (χ4v) is 5.32. The minimum Gasteiger partial charge on any atom is -0.350 e. The van der Waals surface area contributed by atoms with E-state index < -0.39 is 34.1 Å². The summed E-state index contributed by atoms with van der Waals surface area (Å²) in [4.78, 5) is 29.3. The Balaban J connectivity index is 2.08. The van der Waals surface area contributed by atoms with Gasteiger partial charge in [0.2, 0.25) is 21.8 Å². The zero-order valence-electron chi connectivity index (χ0n) is 23.0. The first-order valence-corrected chi connectivity index (χ1v) is 14.9. The average molecular weight is 570 g/mol. The Morgan fingerprint density at radius 1 is 0.897 bits per heavy atom. The van der Waals surface area contributed by atoms with Gasteiger partial charge in [-0.1, -0.05) is 78.3 Å². The molecule has 0 heterocycles. The molecular weight excluding hydrogens is 534 g/mol. The van der Waals surface area contributed by atoms with Gasteiger partial charge < -0.3 is 10.2 Å². The standard InChI is InChI=1S/C30H36ClN3O4S/c1-22-25(31)17-12-18-26(22)34(39(5,37)38)21-28(35)33(20-24-15-10-7-11-16-24)27(29(36)32-30(2,3)4)19-23-13-8-6-9-14-23/h6-18,27H,19-21H2,1-5H3,(H,32,36)/t27-/m1/s1. The number of halogens is 1. The quantitative estimate of drug-likeness (QED) is 0.373. The number of sulfonamides is 1. The molecule has 0 fully saturated rings. The van der Waals surface area contributed by atoms with Crippen LogP contribution in [0, 0.1) is 6.92 Å². The number of carbonyl (C=O) groups is 2. The van der Waals surface area contributed by atoms with Crippen LogP contribution in [0.1, 0.15) is 37.5 Å². The number of nitrogens with one attached hydrogen (secondary N) is 1. The molecule has 0 saturated heterocycles. The van der Waals surface area contributed by atoms with E-state index in [2.05, 4.69) is 5.32 Å². The summed E-state index contributed by atoms with van der Waals surface area (Å²) in [5.41, 5.74) is 2.01. The van der Waals surface area contributed by atoms with Gasteiger partial charge in [0.25, 0.3) is 0 Å². The third-order valence-corrected chi connectivity index (χ3v) is 7.69. The smallest absolute Gasteiger partial charge is 0.244 e. The van der Waals surface area contributed by atoms with Crippen LogP contribution in [0.15, 0.2) is 78.9 Å². The topological polar surface area (TPSA) is 86.8 Å². The summed E-state index contributed by atoms with van der Waals surface area (Å²) in [6, 6.07) is 22.8. The number of carbonyl (C=O) groups excluding carboxylic acids is 2. The third kappa shape index (κ3) is 8.57. The van der Waals surface area contributed by atoms with Crippen molar-refractivity contribution in [1.82, 2.24) is 10.2 Å². The second-order valence-electron chi connectivity index (χ2n) is 10.6. The van der Waals surface area contributed by atoms with Gasteiger partial charge in [-0.2, -0.15) is 0 Å². The number of anilines is 1. The molecule has 0 aromatic heterocycles. The third-order valence-electron chi connectivity index (χ3n) is 6.15. The van der Waals surface area contributed by atoms with Crippen molar-refractivity contribution >= 4 is 39.1 Å². The van der Waals surface area contributed by atoms with Crippen LogP contribution in [0.2, 0.25) is 5.02 Å². The van der Waals surface area contributed by atoms with E-state index in [0.717, 1.165) is 21.7 Å². The highest BCUT2D eigenvalue weighted by molar-refractivity contribution is 7.92. The first kappa shape index (κ1) is 30.2. The molecule has 3 rings (SSSR count). The van der Waals surface area contributed by atoms with Crippen LogP contribution in [-0.2, 0) is 32.6 Å². The van der Waals surface area contributed by atoms with Gasteiger partial charge in [0.1, 0.15) is 12.6 Å². The molecule has 0 aliphatic carbocycles. The molecule has 0 radical (unpaired) electrons. The fourth-order valence-electron chi connectivity index (χ4n) is 4.25. The monoisotopic (exact) mass is 569 g/mol. The first-order valence-electron chi connectivity index (χ1n) is 12.7. The molecule has 0 saturated carbocycles. The molecule has 0 aliphatic heterocycles. The van der Waals surface area contributed by atoms with Crippen LogP contribution in [0.4, 0.5) is 5.69 Å². The van der Waals surface area contributed by atoms with Gasteiger partial charge in [0, 0.05) is 23.5 Å². The lowest BCUT2D eigenvalue weighted by atomic mass is 10.0. The lowest BCUT2D eigenvalue weighted by Gasteiger charge is -2.35. The van der Waals surface area contributed by atoms with E-state index in [1.54, 1.807) is 25.1 Å². The summed E-state index contributed by atoms with van der Waals surface area (Å²) >= 11 is 6.29. The van der Waals surface area contributed by atoms with Gasteiger partial charge in [-0.05, 0) is 56.5 Å². The minimum absolute atomic E-state index is 0.126. The zero-order valence-corrected chi connectivity index (χ0v) is 24.6. The second kappa shape index (κ2) is 12.7. The van der Waals surface area contributed by atoms with E-state index >= 15 is 0 Å². The van der Waals surface area contributed by atoms with Crippen molar-refractivity contribution in [3.05, 3.63) is 101 Å². The number of nitrogens with zero attached hydrogens (tertiary/aromatic N) is 2. The molecule has 2 amide bonds. The molecule has 1 N–H and O–H groups in total. The maximum absolute atomic E-state index is 14.1. The Labute approximate surface area is 236 Å². The van der Waals surface area contributed by atoms with Crippen molar-refractivity contribution in [2.75, 3.05) is 17.1 Å². The molecule has 3 aromatic rings. The van der Waals surface area contributed by atoms with E-state index in [9.17, 15) is 18.0 Å². The van der Waals surface area contributed by atoms with E-state index in [1.807, 2.05) is 81.4 Å². The predicted octanol–water partition coefficient (Wildman–Crippen LogP) is 4.97. The summed E-state index contributed by atoms with van der Waals surface area (Å²) in [5, 5.41) is 3.40. The van der Waals surface area contributed by atoms with Crippen molar-refractivity contribution in [3.8, 4) is 0 Å². The maximum atomic E-state index is 14.1. The Hall–Kier alpha value is -3.36. The molecule has 9 heteroatoms. The highest BCUT2D eigenvalue weighted by Gasteiger charge is 2.34. The molecule has 208 valence electrons. The van der Waals surface area contributed by atoms with Crippen LogP contribution in [0.5, 0.6) is 0 Å². The summed E-state index contributed by atoms with van der Waals surface area (Å²) < 4.78 is 26.9. The number of benzene rings is 3. The Morgan fingerprint density at radius 2 is 1.46 bits per heavy atom. The predicted molar refractivity (Wildman–Crippen MR) is 157 cm³/mol. The van der Waals surface area contributed by atoms with E-state index in [0.29, 0.717) is 16.3 Å². The number of amides is 2. The van der Waals surface area contributed by atoms with Gasteiger partial charge >= 0.3 is 0 Å². The van der Waals surface area contributed by atoms with Gasteiger partial charge in [0.05, 0.1) is 11.9 Å². The largest absolute Gasteiger partial charge is 0.350 e. The van der Waals surface area contributed by atoms with Crippen LogP contribution < -0.4 is 9.62 Å². The minimum atomic E-state index is -3.87. The Bertz CT molecular complexity index is 1390. The molecule has 3 aromatic carbocycles. The van der Waals surface area contributed by atoms with Gasteiger partial charge in [-0.15, -0.1) is 0 Å². The Kier molecular flexibility index (Phi) is 9.80. The zero-order chi connectivity index (χ0) is 28.8. The molecule has 7 nitrogen and oxygen atoms in total. The van der Waals surface area contributed by atoms with Crippen LogP contribution in [0.3, 0.4) is 0 Å². The number of rotatable bonds is 10. The summed E-state index contributed by atoms with van der Waals surface area (Å²) in [6.45, 7) is 6.97. The fraction of sp³-hybridized carbons (Fsp3) is 0.333. The molecule has 0 unspecified atom stereocenters. The Morgan fingerprint density at radius 3 is 2.00 bits per heavy atom. The van der Waals surface area contributed by atoms with Gasteiger partial charge in [-0.25, -0.2) is 8.42 Å². The van der Waals surface area contributed by atoms with Crippen molar-refractivity contribution in [1.29, 1.82) is 0 Å². The van der Waals surface area contributed by atoms with E-state index in [1.165, 1.54) is 4.90 Å². The second-order valence-corrected chi connectivity index (χ2v) is 12.9. The molecular formula is C30H36ClN3O4S. The average Bonchev–Trinajstić information content (AvgIpc) is 2.86. The van der Waals surface area contributed by atoms with Gasteiger partial charge in [0.15, 0.2) is 0 Å². The molecule has 1 atom stereocenters. The SMILES string of the molecule is Cc1c(Cl)cccc1N(CC(=O)N(Cc1ccccc1)[C@H](Cc1ccccc1)C(=O)NC(C)(C)C)S(C)(=O)=O. The molecule has 0 bridgehead atoms. The maximum Gasteiger partial charge on any atom is 0.244 e. The lowest BCUT2D eigenvalue weighted by Crippen LogP contribution is -2.56. The number of hydrogen-bond donors (Lipinski definition) is 1. The van der Waals surface area contributed by atoms with E-state index in [4.69, 9.17) is 11.6 Å². The molecule has 39 heavy (non-hydrogen) atoms. The normalized spacial score (nSPS) is 12.5. The lowest BCUT2D eigenvalue weighted by molar-refractivity contribution is -0.140. The van der Waals surface area contributed by atoms with Crippen molar-refractivity contribution in [2.45, 2.75) is 52.2 Å². The van der Waals surface area contributed by atoms with Crippen molar-refractivity contribution in [2.24, 2.45) is 0 Å². The summed E-state index contributed by atoms with van der Waals surface area (Å²) in [6.07, 6.45) is 1.31. The highest BCUT2D eigenvalue weighted by atomic mass is 35.5. The first-order chi connectivity index (χ1) is 18.3. The summed E-state index contributed by atoms with van der Waals surface area (Å²) in [7, 11) is -3.87. The van der Waals surface area contributed by atoms with Crippen LogP contribution in [0.25, 0.3) is 0 Å². The van der Waals surface area contributed by atoms with Crippen LogP contribution >= 0.6 is 11.6 Å². The van der Waals surface area contributed by atoms with Crippen molar-refractivity contribution in [3.63, 3.8) is 0 Å². The van der Waals surface area contributed by atoms with Crippen molar-refractivity contribution < 1.29 is 18.0 Å². The number of hydrogen-bond acceptors (Lipinski definition) is 4. The molecule has 0 spiro atoms.